The number of benzene rings is 2. The van der Waals surface area contributed by atoms with Crippen LogP contribution in [0.15, 0.2) is 41.3 Å². The summed E-state index contributed by atoms with van der Waals surface area (Å²) in [7, 11) is -2.59. The van der Waals surface area contributed by atoms with Crippen molar-refractivity contribution in [3.63, 3.8) is 0 Å². The Kier molecular flexibility index (Phi) is 6.56. The van der Waals surface area contributed by atoms with Crippen molar-refractivity contribution in [2.75, 3.05) is 38.7 Å². The molecule has 160 valence electrons. The third-order valence-corrected chi connectivity index (χ3v) is 6.79. The van der Waals surface area contributed by atoms with Crippen LogP contribution in [-0.4, -0.2) is 57.0 Å². The monoisotopic (exact) mass is 455 g/mol. The standard InChI is InChI=1S/C18H18ClN3O7S/c1-28-16-5-2-12(10-15(16)22(24)25)18(23)20-13-3-4-14(19)17(11-13)30(26,27)21-6-8-29-9-7-21/h2-5,10-11H,6-9H2,1H3,(H,20,23). The molecule has 0 spiro atoms. The van der Waals surface area contributed by atoms with E-state index in [1.54, 1.807) is 0 Å². The topological polar surface area (TPSA) is 128 Å². The molecular formula is C18H18ClN3O7S. The van der Waals surface area contributed by atoms with E-state index in [1.165, 1.54) is 41.7 Å². The Balaban J connectivity index is 1.87. The maximum absolute atomic E-state index is 12.9. The quantitative estimate of drug-likeness (QED) is 0.523. The molecule has 1 fully saturated rings. The predicted octanol–water partition coefficient (Wildman–Crippen LogP) is 2.53. The van der Waals surface area contributed by atoms with Crippen molar-refractivity contribution >= 4 is 38.9 Å². The summed E-state index contributed by atoms with van der Waals surface area (Å²) >= 11 is 6.10. The van der Waals surface area contributed by atoms with Crippen molar-refractivity contribution in [1.82, 2.24) is 4.31 Å². The van der Waals surface area contributed by atoms with Crippen LogP contribution in [0.2, 0.25) is 5.02 Å². The lowest BCUT2D eigenvalue weighted by Crippen LogP contribution is -2.40. The van der Waals surface area contributed by atoms with Gasteiger partial charge in [0, 0.05) is 30.4 Å². The molecule has 0 radical (unpaired) electrons. The molecule has 0 bridgehead atoms. The van der Waals surface area contributed by atoms with Gasteiger partial charge >= 0.3 is 5.69 Å². The molecule has 0 saturated carbocycles. The van der Waals surface area contributed by atoms with Crippen LogP contribution >= 0.6 is 11.6 Å². The van der Waals surface area contributed by atoms with Gasteiger partial charge in [-0.1, -0.05) is 11.6 Å². The summed E-state index contributed by atoms with van der Waals surface area (Å²) in [4.78, 5) is 22.9. The molecule has 1 heterocycles. The predicted molar refractivity (Wildman–Crippen MR) is 109 cm³/mol. The first kappa shape index (κ1) is 22.0. The smallest absolute Gasteiger partial charge is 0.311 e. The molecule has 1 saturated heterocycles. The maximum Gasteiger partial charge on any atom is 0.311 e. The SMILES string of the molecule is COc1ccc(C(=O)Nc2ccc(Cl)c(S(=O)(=O)N3CCOCC3)c2)cc1[N+](=O)[O-]. The second kappa shape index (κ2) is 8.96. The molecule has 2 aromatic carbocycles. The van der Waals surface area contributed by atoms with Crippen LogP contribution in [0.5, 0.6) is 5.75 Å². The molecule has 1 amide bonds. The highest BCUT2D eigenvalue weighted by Crippen LogP contribution is 2.30. The number of sulfonamides is 1. The lowest BCUT2D eigenvalue weighted by molar-refractivity contribution is -0.385. The number of hydrogen-bond acceptors (Lipinski definition) is 7. The average Bonchev–Trinajstić information content (AvgIpc) is 2.75. The molecular weight excluding hydrogens is 438 g/mol. The number of methoxy groups -OCH3 is 1. The Labute approximate surface area is 177 Å². The molecule has 0 unspecified atom stereocenters. The Morgan fingerprint density at radius 2 is 1.93 bits per heavy atom. The molecule has 12 heteroatoms. The average molecular weight is 456 g/mol. The van der Waals surface area contributed by atoms with Crippen LogP contribution in [0.25, 0.3) is 0 Å². The third-order valence-electron chi connectivity index (χ3n) is 4.41. The molecule has 0 aromatic heterocycles. The van der Waals surface area contributed by atoms with Crippen LogP contribution < -0.4 is 10.1 Å². The van der Waals surface area contributed by atoms with Gasteiger partial charge in [0.15, 0.2) is 5.75 Å². The molecule has 1 aliphatic heterocycles. The van der Waals surface area contributed by atoms with Crippen molar-refractivity contribution in [2.45, 2.75) is 4.90 Å². The lowest BCUT2D eigenvalue weighted by Gasteiger charge is -2.26. The van der Waals surface area contributed by atoms with E-state index >= 15 is 0 Å². The van der Waals surface area contributed by atoms with Gasteiger partial charge in [-0.3, -0.25) is 14.9 Å². The summed E-state index contributed by atoms with van der Waals surface area (Å²) in [5, 5.41) is 13.7. The Morgan fingerprint density at radius 3 is 2.57 bits per heavy atom. The summed E-state index contributed by atoms with van der Waals surface area (Å²) in [5.74, 6) is -0.639. The Morgan fingerprint density at radius 1 is 1.23 bits per heavy atom. The number of nitro groups is 1. The van der Waals surface area contributed by atoms with Gasteiger partial charge in [0.05, 0.1) is 30.3 Å². The highest BCUT2D eigenvalue weighted by atomic mass is 35.5. The van der Waals surface area contributed by atoms with Gasteiger partial charge in [0.25, 0.3) is 5.91 Å². The number of carbonyl (C=O) groups is 1. The van der Waals surface area contributed by atoms with E-state index in [9.17, 15) is 23.3 Å². The lowest BCUT2D eigenvalue weighted by atomic mass is 10.1. The van der Waals surface area contributed by atoms with Crippen LogP contribution in [0.3, 0.4) is 0 Å². The number of amides is 1. The van der Waals surface area contributed by atoms with Crippen LogP contribution in [0.1, 0.15) is 10.4 Å². The van der Waals surface area contributed by atoms with E-state index in [-0.39, 0.29) is 58.9 Å². The minimum absolute atomic E-state index is 0.00929. The first-order valence-electron chi connectivity index (χ1n) is 8.75. The first-order valence-corrected chi connectivity index (χ1v) is 10.6. The van der Waals surface area contributed by atoms with Gasteiger partial charge in [-0.25, -0.2) is 8.42 Å². The zero-order chi connectivity index (χ0) is 21.9. The number of ether oxygens (including phenoxy) is 2. The molecule has 30 heavy (non-hydrogen) atoms. The van der Waals surface area contributed by atoms with Gasteiger partial charge in [0.1, 0.15) is 4.90 Å². The normalized spacial score (nSPS) is 14.9. The summed E-state index contributed by atoms with van der Waals surface area (Å²) in [6, 6.07) is 7.81. The summed E-state index contributed by atoms with van der Waals surface area (Å²) < 4.78 is 37.1. The van der Waals surface area contributed by atoms with Crippen LogP contribution in [0, 0.1) is 10.1 Å². The van der Waals surface area contributed by atoms with Crippen molar-refractivity contribution < 1.29 is 27.6 Å². The Hall–Kier alpha value is -2.73. The van der Waals surface area contributed by atoms with Gasteiger partial charge in [-0.05, 0) is 30.3 Å². The molecule has 2 aromatic rings. The number of nitro benzene ring substituents is 1. The number of carbonyl (C=O) groups excluding carboxylic acids is 1. The molecule has 0 atom stereocenters. The largest absolute Gasteiger partial charge is 0.490 e. The fourth-order valence-electron chi connectivity index (χ4n) is 2.88. The number of anilines is 1. The highest BCUT2D eigenvalue weighted by molar-refractivity contribution is 7.89. The Bertz CT molecular complexity index is 1090. The summed E-state index contributed by atoms with van der Waals surface area (Å²) in [6.45, 7) is 0.961. The zero-order valence-electron chi connectivity index (χ0n) is 15.8. The summed E-state index contributed by atoms with van der Waals surface area (Å²) in [6.07, 6.45) is 0. The molecule has 1 aliphatic rings. The van der Waals surface area contributed by atoms with E-state index in [1.807, 2.05) is 0 Å². The number of rotatable bonds is 6. The molecule has 1 N–H and O–H groups in total. The van der Waals surface area contributed by atoms with E-state index in [2.05, 4.69) is 5.32 Å². The van der Waals surface area contributed by atoms with Crippen molar-refractivity contribution in [3.8, 4) is 5.75 Å². The fourth-order valence-corrected chi connectivity index (χ4v) is 4.79. The third kappa shape index (κ3) is 4.54. The number of nitrogens with one attached hydrogen (secondary N) is 1. The second-order valence-electron chi connectivity index (χ2n) is 6.26. The van der Waals surface area contributed by atoms with Crippen molar-refractivity contribution in [2.24, 2.45) is 0 Å². The molecule has 0 aliphatic carbocycles. The summed E-state index contributed by atoms with van der Waals surface area (Å²) in [5.41, 5.74) is -0.179. The fraction of sp³-hybridized carbons (Fsp3) is 0.278. The van der Waals surface area contributed by atoms with Crippen molar-refractivity contribution in [3.05, 3.63) is 57.1 Å². The van der Waals surface area contributed by atoms with E-state index < -0.39 is 20.9 Å². The van der Waals surface area contributed by atoms with Crippen molar-refractivity contribution in [1.29, 1.82) is 0 Å². The van der Waals surface area contributed by atoms with E-state index in [0.717, 1.165) is 6.07 Å². The number of nitrogens with zero attached hydrogens (tertiary/aromatic N) is 2. The second-order valence-corrected chi connectivity index (χ2v) is 8.57. The first-order chi connectivity index (χ1) is 14.2. The number of morpholine rings is 1. The van der Waals surface area contributed by atoms with E-state index in [0.29, 0.717) is 0 Å². The van der Waals surface area contributed by atoms with Crippen LogP contribution in [-0.2, 0) is 14.8 Å². The van der Waals surface area contributed by atoms with E-state index in [4.69, 9.17) is 21.1 Å². The molecule has 3 rings (SSSR count). The zero-order valence-corrected chi connectivity index (χ0v) is 17.4. The maximum atomic E-state index is 12.9. The minimum atomic E-state index is -3.88. The van der Waals surface area contributed by atoms with Gasteiger partial charge in [-0.15, -0.1) is 0 Å². The minimum Gasteiger partial charge on any atom is -0.490 e. The van der Waals surface area contributed by atoms with Gasteiger partial charge in [0.2, 0.25) is 10.0 Å². The number of hydrogen-bond donors (Lipinski definition) is 1. The highest BCUT2D eigenvalue weighted by Gasteiger charge is 2.29. The van der Waals surface area contributed by atoms with Gasteiger partial charge in [-0.2, -0.15) is 4.31 Å². The van der Waals surface area contributed by atoms with Crippen LogP contribution in [0.4, 0.5) is 11.4 Å². The molecule has 10 nitrogen and oxygen atoms in total. The number of halogens is 1. The van der Waals surface area contributed by atoms with Gasteiger partial charge < -0.3 is 14.8 Å².